The lowest BCUT2D eigenvalue weighted by Crippen LogP contribution is -2.49. The molecule has 1 atom stereocenters. The normalized spacial score (nSPS) is 11.8. The Labute approximate surface area is 188 Å². The van der Waals surface area contributed by atoms with Crippen molar-refractivity contribution in [3.8, 4) is 5.75 Å². The first kappa shape index (κ1) is 24.0. The van der Waals surface area contributed by atoms with E-state index in [1.807, 2.05) is 45.0 Å². The number of hydrogen-bond acceptors (Lipinski definition) is 3. The summed E-state index contributed by atoms with van der Waals surface area (Å²) in [5.41, 5.74) is 1.88. The number of hydrogen-bond donors (Lipinski definition) is 1. The highest BCUT2D eigenvalue weighted by molar-refractivity contribution is 6.42. The molecule has 0 saturated heterocycles. The number of nitrogens with zero attached hydrogens (tertiary/aromatic N) is 1. The molecule has 0 saturated carbocycles. The summed E-state index contributed by atoms with van der Waals surface area (Å²) in [4.78, 5) is 27.1. The Balaban J connectivity index is 2.15. The summed E-state index contributed by atoms with van der Waals surface area (Å²) < 4.78 is 5.64. The molecule has 2 aromatic rings. The quantitative estimate of drug-likeness (QED) is 0.592. The average molecular weight is 451 g/mol. The average Bonchev–Trinajstić information content (AvgIpc) is 2.71. The maximum atomic E-state index is 13.0. The van der Waals surface area contributed by atoms with Crippen LogP contribution in [0.2, 0.25) is 10.0 Å². The van der Waals surface area contributed by atoms with Gasteiger partial charge in [0.15, 0.2) is 6.61 Å². The van der Waals surface area contributed by atoms with Gasteiger partial charge in [0.1, 0.15) is 11.8 Å². The molecule has 0 aliphatic carbocycles. The van der Waals surface area contributed by atoms with E-state index in [1.165, 1.54) is 4.90 Å². The van der Waals surface area contributed by atoms with E-state index < -0.39 is 6.04 Å². The SMILES string of the molecule is Cc1ccc(OCC(=O)N(Cc2ccc(Cl)c(Cl)c2)[C@H](C)C(=O)NCC(C)C)cc1. The predicted molar refractivity (Wildman–Crippen MR) is 121 cm³/mol. The number of carbonyl (C=O) groups excluding carboxylic acids is 2. The van der Waals surface area contributed by atoms with E-state index in [1.54, 1.807) is 25.1 Å². The smallest absolute Gasteiger partial charge is 0.261 e. The fraction of sp³-hybridized carbons (Fsp3) is 0.391. The van der Waals surface area contributed by atoms with Crippen LogP contribution in [0, 0.1) is 12.8 Å². The van der Waals surface area contributed by atoms with Gasteiger partial charge in [0.2, 0.25) is 5.91 Å². The molecule has 162 valence electrons. The van der Waals surface area contributed by atoms with E-state index >= 15 is 0 Å². The number of halogens is 2. The molecule has 7 heteroatoms. The third-order valence-electron chi connectivity index (χ3n) is 4.57. The van der Waals surface area contributed by atoms with Crippen LogP contribution in [0.4, 0.5) is 0 Å². The van der Waals surface area contributed by atoms with E-state index in [0.29, 0.717) is 28.3 Å². The van der Waals surface area contributed by atoms with E-state index in [9.17, 15) is 9.59 Å². The van der Waals surface area contributed by atoms with Crippen molar-refractivity contribution in [3.05, 3.63) is 63.6 Å². The molecule has 0 aliphatic heterocycles. The van der Waals surface area contributed by atoms with Gasteiger partial charge >= 0.3 is 0 Å². The summed E-state index contributed by atoms with van der Waals surface area (Å²) >= 11 is 12.1. The van der Waals surface area contributed by atoms with Gasteiger partial charge in [-0.1, -0.05) is 60.8 Å². The number of benzene rings is 2. The van der Waals surface area contributed by atoms with E-state index in [-0.39, 0.29) is 25.0 Å². The minimum Gasteiger partial charge on any atom is -0.484 e. The van der Waals surface area contributed by atoms with Gasteiger partial charge in [-0.05, 0) is 49.6 Å². The van der Waals surface area contributed by atoms with Crippen LogP contribution in [-0.2, 0) is 16.1 Å². The molecule has 0 bridgehead atoms. The molecule has 0 aromatic heterocycles. The molecular formula is C23H28Cl2N2O3. The third-order valence-corrected chi connectivity index (χ3v) is 5.31. The second-order valence-corrected chi connectivity index (χ2v) is 8.50. The van der Waals surface area contributed by atoms with Crippen molar-refractivity contribution in [2.45, 2.75) is 40.3 Å². The topological polar surface area (TPSA) is 58.6 Å². The van der Waals surface area contributed by atoms with E-state index in [2.05, 4.69) is 5.32 Å². The van der Waals surface area contributed by atoms with Crippen molar-refractivity contribution in [1.82, 2.24) is 10.2 Å². The van der Waals surface area contributed by atoms with Gasteiger partial charge in [0.25, 0.3) is 5.91 Å². The zero-order valence-corrected chi connectivity index (χ0v) is 19.3. The van der Waals surface area contributed by atoms with Crippen LogP contribution < -0.4 is 10.1 Å². The van der Waals surface area contributed by atoms with Crippen LogP contribution in [0.5, 0.6) is 5.75 Å². The van der Waals surface area contributed by atoms with Gasteiger partial charge in [-0.25, -0.2) is 0 Å². The van der Waals surface area contributed by atoms with Crippen LogP contribution >= 0.6 is 23.2 Å². The van der Waals surface area contributed by atoms with E-state index in [4.69, 9.17) is 27.9 Å². The molecule has 2 rings (SSSR count). The summed E-state index contributed by atoms with van der Waals surface area (Å²) in [6.45, 7) is 8.29. The van der Waals surface area contributed by atoms with Gasteiger partial charge < -0.3 is 15.0 Å². The number of nitrogens with one attached hydrogen (secondary N) is 1. The van der Waals surface area contributed by atoms with Crippen molar-refractivity contribution in [2.75, 3.05) is 13.2 Å². The first-order valence-electron chi connectivity index (χ1n) is 9.88. The number of amides is 2. The third kappa shape index (κ3) is 7.22. The zero-order chi connectivity index (χ0) is 22.3. The number of rotatable bonds is 9. The number of carbonyl (C=O) groups is 2. The lowest BCUT2D eigenvalue weighted by atomic mass is 10.1. The Hall–Kier alpha value is -2.24. The Morgan fingerprint density at radius 2 is 1.70 bits per heavy atom. The lowest BCUT2D eigenvalue weighted by Gasteiger charge is -2.29. The highest BCUT2D eigenvalue weighted by atomic mass is 35.5. The predicted octanol–water partition coefficient (Wildman–Crippen LogP) is 4.87. The summed E-state index contributed by atoms with van der Waals surface area (Å²) in [6, 6.07) is 11.9. The molecule has 2 aromatic carbocycles. The Morgan fingerprint density at radius 1 is 1.03 bits per heavy atom. The second-order valence-electron chi connectivity index (χ2n) is 7.69. The van der Waals surface area contributed by atoms with Crippen molar-refractivity contribution in [1.29, 1.82) is 0 Å². The molecule has 0 fully saturated rings. The number of aryl methyl sites for hydroxylation is 1. The van der Waals surface area contributed by atoms with Crippen LogP contribution in [-0.4, -0.2) is 35.9 Å². The molecule has 2 amide bonds. The maximum Gasteiger partial charge on any atom is 0.261 e. The maximum absolute atomic E-state index is 13.0. The van der Waals surface area contributed by atoms with Crippen LogP contribution in [0.3, 0.4) is 0 Å². The van der Waals surface area contributed by atoms with Crippen molar-refractivity contribution in [3.63, 3.8) is 0 Å². The Kier molecular flexibility index (Phi) is 9.00. The van der Waals surface area contributed by atoms with Gasteiger partial charge in [-0.15, -0.1) is 0 Å². The molecule has 0 aliphatic rings. The van der Waals surface area contributed by atoms with Crippen molar-refractivity contribution >= 4 is 35.0 Å². The zero-order valence-electron chi connectivity index (χ0n) is 17.7. The molecule has 0 radical (unpaired) electrons. The fourth-order valence-corrected chi connectivity index (χ4v) is 3.05. The highest BCUT2D eigenvalue weighted by Crippen LogP contribution is 2.24. The molecule has 0 heterocycles. The van der Waals surface area contributed by atoms with Gasteiger partial charge in [0, 0.05) is 13.1 Å². The molecule has 1 N–H and O–H groups in total. The molecule has 30 heavy (non-hydrogen) atoms. The van der Waals surface area contributed by atoms with Gasteiger partial charge in [-0.3, -0.25) is 9.59 Å². The minimum absolute atomic E-state index is 0.174. The van der Waals surface area contributed by atoms with E-state index in [0.717, 1.165) is 11.1 Å². The second kappa shape index (κ2) is 11.2. The minimum atomic E-state index is -0.674. The van der Waals surface area contributed by atoms with Crippen LogP contribution in [0.25, 0.3) is 0 Å². The van der Waals surface area contributed by atoms with Crippen LogP contribution in [0.1, 0.15) is 31.9 Å². The molecular weight excluding hydrogens is 423 g/mol. The lowest BCUT2D eigenvalue weighted by molar-refractivity contribution is -0.142. The Morgan fingerprint density at radius 3 is 2.30 bits per heavy atom. The monoisotopic (exact) mass is 450 g/mol. The summed E-state index contributed by atoms with van der Waals surface area (Å²) in [6.07, 6.45) is 0. The molecule has 5 nitrogen and oxygen atoms in total. The van der Waals surface area contributed by atoms with Crippen molar-refractivity contribution < 1.29 is 14.3 Å². The van der Waals surface area contributed by atoms with Crippen molar-refractivity contribution in [2.24, 2.45) is 5.92 Å². The summed E-state index contributed by atoms with van der Waals surface area (Å²) in [7, 11) is 0. The standard InChI is InChI=1S/C23H28Cl2N2O3/c1-15(2)12-26-23(29)17(4)27(13-18-7-10-20(24)21(25)11-18)22(28)14-30-19-8-5-16(3)6-9-19/h5-11,15,17H,12-14H2,1-4H3,(H,26,29)/t17-/m1/s1. The first-order valence-corrected chi connectivity index (χ1v) is 10.6. The highest BCUT2D eigenvalue weighted by Gasteiger charge is 2.26. The molecule has 0 unspecified atom stereocenters. The molecule has 0 spiro atoms. The number of ether oxygens (including phenoxy) is 1. The Bertz CT molecular complexity index is 869. The summed E-state index contributed by atoms with van der Waals surface area (Å²) in [5.74, 6) is 0.395. The largest absolute Gasteiger partial charge is 0.484 e. The van der Waals surface area contributed by atoms with Gasteiger partial charge in [0.05, 0.1) is 10.0 Å². The summed E-state index contributed by atoms with van der Waals surface area (Å²) in [5, 5.41) is 3.71. The van der Waals surface area contributed by atoms with Gasteiger partial charge in [-0.2, -0.15) is 0 Å². The fourth-order valence-electron chi connectivity index (χ4n) is 2.73. The first-order chi connectivity index (χ1) is 14.2. The van der Waals surface area contributed by atoms with Crippen LogP contribution in [0.15, 0.2) is 42.5 Å².